The molecule has 0 bridgehead atoms. The van der Waals surface area contributed by atoms with Crippen LogP contribution >= 0.6 is 0 Å². The Labute approximate surface area is 147 Å². The highest BCUT2D eigenvalue weighted by Gasteiger charge is 2.43. The summed E-state index contributed by atoms with van der Waals surface area (Å²) in [5, 5.41) is 8.12. The van der Waals surface area contributed by atoms with Crippen molar-refractivity contribution in [2.45, 2.75) is 31.2 Å². The van der Waals surface area contributed by atoms with Gasteiger partial charge in [0.1, 0.15) is 5.25 Å². The van der Waals surface area contributed by atoms with E-state index >= 15 is 0 Å². The summed E-state index contributed by atoms with van der Waals surface area (Å²) in [6.45, 7) is 4.12. The molecule has 0 N–H and O–H groups in total. The molecule has 0 unspecified atom stereocenters. The Morgan fingerprint density at radius 3 is 3.00 bits per heavy atom. The van der Waals surface area contributed by atoms with Crippen LogP contribution in [0.15, 0.2) is 30.5 Å². The number of benzene rings is 1. The van der Waals surface area contributed by atoms with Crippen molar-refractivity contribution < 1.29 is 13.2 Å². The molecule has 25 heavy (non-hydrogen) atoms. The quantitative estimate of drug-likeness (QED) is 0.810. The molecule has 1 aromatic heterocycles. The summed E-state index contributed by atoms with van der Waals surface area (Å²) < 4.78 is 31.8. The normalized spacial score (nSPS) is 26.3. The van der Waals surface area contributed by atoms with Crippen LogP contribution in [0.25, 0.3) is 5.69 Å². The Morgan fingerprint density at radius 1 is 1.32 bits per heavy atom. The third-order valence-corrected chi connectivity index (χ3v) is 7.26. The first-order valence-electron chi connectivity index (χ1n) is 8.55. The fourth-order valence-corrected chi connectivity index (χ4v) is 5.62. The zero-order chi connectivity index (χ0) is 17.4. The van der Waals surface area contributed by atoms with E-state index < -0.39 is 15.1 Å². The van der Waals surface area contributed by atoms with Gasteiger partial charge >= 0.3 is 0 Å². The van der Waals surface area contributed by atoms with Gasteiger partial charge in [0, 0.05) is 25.7 Å². The van der Waals surface area contributed by atoms with Crippen molar-refractivity contribution in [2.24, 2.45) is 0 Å². The molecule has 2 aliphatic heterocycles. The zero-order valence-corrected chi connectivity index (χ0v) is 15.0. The minimum absolute atomic E-state index is 0.0103. The summed E-state index contributed by atoms with van der Waals surface area (Å²) in [6, 6.07) is 8.03. The van der Waals surface area contributed by atoms with Crippen molar-refractivity contribution in [3.63, 3.8) is 0 Å². The Balaban J connectivity index is 1.54. The van der Waals surface area contributed by atoms with Gasteiger partial charge < -0.3 is 4.74 Å². The number of aryl methyl sites for hydroxylation is 1. The van der Waals surface area contributed by atoms with Crippen molar-refractivity contribution in [2.75, 3.05) is 25.5 Å². The Kier molecular flexibility index (Phi) is 4.35. The Hall–Kier alpha value is -1.77. The van der Waals surface area contributed by atoms with Gasteiger partial charge in [-0.15, -0.1) is 5.10 Å². The van der Waals surface area contributed by atoms with Crippen LogP contribution in [-0.4, -0.2) is 65.1 Å². The van der Waals surface area contributed by atoms with Crippen molar-refractivity contribution in [1.29, 1.82) is 0 Å². The van der Waals surface area contributed by atoms with Gasteiger partial charge in [-0.05, 0) is 25.0 Å². The fourth-order valence-electron chi connectivity index (χ4n) is 3.74. The number of rotatable bonds is 3. The summed E-state index contributed by atoms with van der Waals surface area (Å²) in [6.07, 6.45) is 2.68. The highest BCUT2D eigenvalue weighted by Crippen LogP contribution is 2.27. The van der Waals surface area contributed by atoms with E-state index in [0.29, 0.717) is 26.3 Å². The molecule has 1 aromatic carbocycles. The van der Waals surface area contributed by atoms with E-state index in [-0.39, 0.29) is 11.8 Å². The first-order valence-corrected chi connectivity index (χ1v) is 10.3. The number of para-hydroxylation sites is 1. The monoisotopic (exact) mass is 362 g/mol. The van der Waals surface area contributed by atoms with Crippen LogP contribution in [-0.2, 0) is 21.1 Å². The lowest BCUT2D eigenvalue weighted by Gasteiger charge is -2.42. The average Bonchev–Trinajstić information content (AvgIpc) is 3.07. The second-order valence-corrected chi connectivity index (χ2v) is 9.09. The molecule has 2 atom stereocenters. The third kappa shape index (κ3) is 3.21. The predicted molar refractivity (Wildman–Crippen MR) is 93.3 cm³/mol. The maximum absolute atomic E-state index is 12.3. The van der Waals surface area contributed by atoms with Crippen LogP contribution in [0.4, 0.5) is 0 Å². The molecule has 7 nitrogen and oxygen atoms in total. The molecule has 2 aromatic rings. The van der Waals surface area contributed by atoms with Crippen LogP contribution in [0.3, 0.4) is 0 Å². The van der Waals surface area contributed by atoms with Crippen molar-refractivity contribution in [3.05, 3.63) is 41.7 Å². The third-order valence-electron chi connectivity index (χ3n) is 5.13. The second kappa shape index (κ2) is 6.51. The molecule has 4 rings (SSSR count). The molecular weight excluding hydrogens is 340 g/mol. The smallest absolute Gasteiger partial charge is 0.158 e. The molecule has 0 saturated carbocycles. The molecule has 2 saturated heterocycles. The number of sulfone groups is 1. The molecular formula is C17H22N4O3S. The Bertz CT molecular complexity index is 864. The average molecular weight is 362 g/mol. The highest BCUT2D eigenvalue weighted by atomic mass is 32.2. The second-order valence-electron chi connectivity index (χ2n) is 6.75. The number of hydrogen-bond donors (Lipinski definition) is 0. The largest absolute Gasteiger partial charge is 0.380 e. The number of aromatic nitrogens is 3. The maximum Gasteiger partial charge on any atom is 0.158 e. The minimum Gasteiger partial charge on any atom is -0.380 e. The van der Waals surface area contributed by atoms with Gasteiger partial charge in [0.25, 0.3) is 0 Å². The highest BCUT2D eigenvalue weighted by molar-refractivity contribution is 7.92. The van der Waals surface area contributed by atoms with Gasteiger partial charge in [0.05, 0.1) is 29.9 Å². The van der Waals surface area contributed by atoms with E-state index in [0.717, 1.165) is 23.4 Å². The van der Waals surface area contributed by atoms with Crippen LogP contribution in [0, 0.1) is 6.92 Å². The maximum atomic E-state index is 12.3. The first kappa shape index (κ1) is 16.7. The van der Waals surface area contributed by atoms with E-state index in [9.17, 15) is 8.42 Å². The molecule has 2 aliphatic rings. The number of ether oxygens (including phenoxy) is 1. The summed E-state index contributed by atoms with van der Waals surface area (Å²) in [4.78, 5) is 2.22. The van der Waals surface area contributed by atoms with Crippen LogP contribution in [0.5, 0.6) is 0 Å². The lowest BCUT2D eigenvalue weighted by atomic mass is 10.1. The number of fused-ring (bicyclic) bond motifs is 1. The van der Waals surface area contributed by atoms with Crippen molar-refractivity contribution in [1.82, 2.24) is 19.9 Å². The fraction of sp³-hybridized carbons (Fsp3) is 0.529. The lowest BCUT2D eigenvalue weighted by molar-refractivity contribution is 0.0309. The van der Waals surface area contributed by atoms with Gasteiger partial charge in [0.15, 0.2) is 9.84 Å². The molecule has 3 heterocycles. The van der Waals surface area contributed by atoms with Crippen molar-refractivity contribution in [3.8, 4) is 5.69 Å². The summed E-state index contributed by atoms with van der Waals surface area (Å²) in [7, 11) is -3.06. The summed E-state index contributed by atoms with van der Waals surface area (Å²) in [5.74, 6) is 0.184. The van der Waals surface area contributed by atoms with E-state index in [4.69, 9.17) is 4.74 Å². The summed E-state index contributed by atoms with van der Waals surface area (Å²) >= 11 is 0. The van der Waals surface area contributed by atoms with Gasteiger partial charge in [0.2, 0.25) is 0 Å². The number of nitrogens with zero attached hydrogens (tertiary/aromatic N) is 4. The van der Waals surface area contributed by atoms with Gasteiger partial charge in [-0.2, -0.15) is 0 Å². The molecule has 134 valence electrons. The van der Waals surface area contributed by atoms with E-state index in [1.807, 2.05) is 37.4 Å². The number of hydrogen-bond acceptors (Lipinski definition) is 6. The van der Waals surface area contributed by atoms with Crippen LogP contribution < -0.4 is 0 Å². The van der Waals surface area contributed by atoms with E-state index in [2.05, 4.69) is 15.2 Å². The topological polar surface area (TPSA) is 77.3 Å². The molecule has 2 fully saturated rings. The van der Waals surface area contributed by atoms with Gasteiger partial charge in [-0.1, -0.05) is 23.4 Å². The molecule has 0 radical (unpaired) electrons. The lowest BCUT2D eigenvalue weighted by Crippen LogP contribution is -2.58. The van der Waals surface area contributed by atoms with E-state index in [1.165, 1.54) is 0 Å². The SMILES string of the molecule is Cc1ccccc1-n1cc(CN2CCS(=O)(=O)[C@@H]3COCC[C@@H]32)nn1. The predicted octanol–water partition coefficient (Wildman–Crippen LogP) is 0.964. The standard InChI is InChI=1S/C17H22N4O3S/c1-13-4-2-3-5-15(13)21-11-14(18-19-21)10-20-7-9-25(22,23)17-12-24-8-6-16(17)20/h2-5,11,16-17H,6-10,12H2,1H3/t16-,17+/m0/s1. The molecule has 0 aliphatic carbocycles. The Morgan fingerprint density at radius 2 is 2.16 bits per heavy atom. The van der Waals surface area contributed by atoms with Crippen molar-refractivity contribution >= 4 is 9.84 Å². The van der Waals surface area contributed by atoms with Crippen LogP contribution in [0.2, 0.25) is 0 Å². The zero-order valence-electron chi connectivity index (χ0n) is 14.2. The van der Waals surface area contributed by atoms with Crippen LogP contribution in [0.1, 0.15) is 17.7 Å². The molecule has 0 spiro atoms. The van der Waals surface area contributed by atoms with E-state index in [1.54, 1.807) is 4.68 Å². The summed E-state index contributed by atoms with van der Waals surface area (Å²) in [5.41, 5.74) is 2.99. The molecule has 8 heteroatoms. The van der Waals surface area contributed by atoms with Gasteiger partial charge in [-0.25, -0.2) is 13.1 Å². The molecule has 0 amide bonds. The van der Waals surface area contributed by atoms with Gasteiger partial charge in [-0.3, -0.25) is 4.90 Å². The minimum atomic E-state index is -3.06. The first-order chi connectivity index (χ1) is 12.0.